The van der Waals surface area contributed by atoms with Gasteiger partial charge in [0.1, 0.15) is 53.3 Å². The largest absolute Gasteiger partial charge is 0.756 e. The Balaban J connectivity index is 0.770. The highest BCUT2D eigenvalue weighted by molar-refractivity contribution is 7.45. The van der Waals surface area contributed by atoms with E-state index >= 15 is 0 Å². The summed E-state index contributed by atoms with van der Waals surface area (Å²) in [6.07, 6.45) is 29.9. The summed E-state index contributed by atoms with van der Waals surface area (Å²) < 4.78 is 80.6. The van der Waals surface area contributed by atoms with Crippen molar-refractivity contribution in [3.05, 3.63) is 148 Å². The van der Waals surface area contributed by atoms with E-state index in [0.29, 0.717) is 52.3 Å². The highest BCUT2D eigenvalue weighted by atomic mass is 31.2. The van der Waals surface area contributed by atoms with Crippen molar-refractivity contribution in [2.45, 2.75) is 316 Å². The number of fused-ring (bicyclic) bond motifs is 6. The molecule has 2 unspecified atom stereocenters. The average molecular weight is 1690 g/mol. The van der Waals surface area contributed by atoms with E-state index in [4.69, 9.17) is 51.3 Å². The molecule has 2 saturated heterocycles. The predicted octanol–water partition coefficient (Wildman–Crippen LogP) is 17.5. The lowest BCUT2D eigenvalue weighted by atomic mass is 9.79. The van der Waals surface area contributed by atoms with Gasteiger partial charge in [-0.25, -0.2) is 19.1 Å². The molecular weight excluding hydrogens is 1560 g/mol. The van der Waals surface area contributed by atoms with E-state index in [2.05, 4.69) is 47.9 Å². The van der Waals surface area contributed by atoms with Gasteiger partial charge in [-0.3, -0.25) is 24.8 Å². The third kappa shape index (κ3) is 26.0. The maximum Gasteiger partial charge on any atom is 0.494 e. The van der Waals surface area contributed by atoms with Crippen LogP contribution in [0.15, 0.2) is 109 Å². The van der Waals surface area contributed by atoms with Gasteiger partial charge in [-0.2, -0.15) is 0 Å². The van der Waals surface area contributed by atoms with Gasteiger partial charge in [0.15, 0.2) is 11.7 Å². The standard InChI is InChI=1S/C92H133B2N6O18PSi/c1-15-17-19-21-23-25-27-29-31-33-35-37-39-41-83(101)108-66-76(113-84(102)42-40-38-36-34-32-30-28-26-24-22-20-18-16-2)67-112-119(106,107)111-58-57-100(11,12)63-74-62-99(98-97-74)75-53-56-78-77(61-75)85(103)114-92(78)79-54-51-72(95-86(104)109-64-68-43-47-70(48-44-68)93-115-88(3,4)89(5,6)116-93)59-81(79)120(13,14)82-60-73(52-55-80(82)92)96-87(105)110-65-69-45-49-71(50-46-69)94-117-90(7,8)91(9,10)118-94/h43-56,59-62,76H,15-42,57-58,63-67H2,1-14H3,(H2-,95,96,104,105,106,107). The van der Waals surface area contributed by atoms with E-state index in [0.717, 1.165) is 71.0 Å². The normalized spacial score (nSPS) is 17.0. The summed E-state index contributed by atoms with van der Waals surface area (Å²) >= 11 is 0. The Morgan fingerprint density at radius 2 is 0.950 bits per heavy atom. The van der Waals surface area contributed by atoms with Crippen LogP contribution in [-0.4, -0.2) is 141 Å². The molecule has 0 saturated carbocycles. The highest BCUT2D eigenvalue weighted by Crippen LogP contribution is 2.50. The van der Waals surface area contributed by atoms with E-state index in [1.807, 2.05) is 154 Å². The first-order valence-electron chi connectivity index (χ1n) is 44.3. The number of aromatic nitrogens is 3. The first-order chi connectivity index (χ1) is 57.1. The van der Waals surface area contributed by atoms with E-state index in [1.54, 1.807) is 29.1 Å². The third-order valence-corrected chi connectivity index (χ3v) is 29.2. The Hall–Kier alpha value is -7.55. The molecule has 0 bridgehead atoms. The fourth-order valence-corrected chi connectivity index (χ4v) is 19.8. The van der Waals surface area contributed by atoms with Crippen LogP contribution in [0.3, 0.4) is 0 Å². The van der Waals surface area contributed by atoms with Gasteiger partial charge in [-0.1, -0.05) is 253 Å². The lowest BCUT2D eigenvalue weighted by molar-refractivity contribution is -0.904. The zero-order valence-electron chi connectivity index (χ0n) is 74.0. The number of carbonyl (C=O) groups excluding carboxylic acids is 5. The van der Waals surface area contributed by atoms with Crippen molar-refractivity contribution in [3.63, 3.8) is 0 Å². The van der Waals surface area contributed by atoms with Gasteiger partial charge in [0.2, 0.25) is 0 Å². The fraction of sp³-hybridized carbons (Fsp3) is 0.598. The summed E-state index contributed by atoms with van der Waals surface area (Å²) in [6, 6.07) is 31.6. The molecule has 1 aromatic heterocycles. The number of anilines is 2. The number of ether oxygens (including phenoxy) is 5. The number of carbonyl (C=O) groups is 5. The average Bonchev–Trinajstić information content (AvgIpc) is 1.42. The van der Waals surface area contributed by atoms with Crippen LogP contribution in [0, 0.1) is 0 Å². The molecule has 6 aromatic rings. The van der Waals surface area contributed by atoms with Crippen LogP contribution in [0.5, 0.6) is 0 Å². The Morgan fingerprint density at radius 1 is 0.533 bits per heavy atom. The molecule has 1 spiro atoms. The first kappa shape index (κ1) is 94.7. The summed E-state index contributed by atoms with van der Waals surface area (Å²) in [6.45, 7) is 24.1. The summed E-state index contributed by atoms with van der Waals surface area (Å²) in [5.41, 5.74) is 3.92. The molecule has 5 aromatic carbocycles. The highest BCUT2D eigenvalue weighted by Gasteiger charge is 2.57. The maximum absolute atomic E-state index is 14.8. The number of quaternary nitrogens is 1. The van der Waals surface area contributed by atoms with E-state index in [9.17, 15) is 33.4 Å². The number of phosphoric ester groups is 1. The number of unbranched alkanes of at least 4 members (excludes halogenated alkanes) is 24. The molecule has 2 fully saturated rings. The number of nitrogens with one attached hydrogen (secondary N) is 2. The lowest BCUT2D eigenvalue weighted by Crippen LogP contribution is -2.63. The lowest BCUT2D eigenvalue weighted by Gasteiger charge is -2.44. The number of benzene rings is 5. The number of hydrogen-bond donors (Lipinski definition) is 2. The monoisotopic (exact) mass is 1690 g/mol. The number of phosphoric acid groups is 1. The molecule has 4 aliphatic rings. The van der Waals surface area contributed by atoms with Gasteiger partial charge in [-0.15, -0.1) is 5.10 Å². The molecule has 5 heterocycles. The van der Waals surface area contributed by atoms with Crippen molar-refractivity contribution in [2.24, 2.45) is 0 Å². The second-order valence-corrected chi connectivity index (χ2v) is 42.1. The maximum atomic E-state index is 14.8. The van der Waals surface area contributed by atoms with Crippen LogP contribution in [0.1, 0.15) is 293 Å². The quantitative estimate of drug-likeness (QED) is 0.00896. The Kier molecular flexibility index (Phi) is 34.1. The molecule has 0 radical (unpaired) electrons. The van der Waals surface area contributed by atoms with Gasteiger partial charge in [-0.05, 0) is 137 Å². The topological polar surface area (TPSA) is 282 Å². The fourth-order valence-electron chi connectivity index (χ4n) is 15.9. The van der Waals surface area contributed by atoms with E-state index in [-0.39, 0.29) is 62.4 Å². The van der Waals surface area contributed by atoms with Crippen molar-refractivity contribution < 1.29 is 89.3 Å². The van der Waals surface area contributed by atoms with E-state index in [1.165, 1.54) is 116 Å². The van der Waals surface area contributed by atoms with Gasteiger partial charge in [0.05, 0.1) is 60.6 Å². The third-order valence-electron chi connectivity index (χ3n) is 24.7. The molecule has 28 heteroatoms. The number of nitrogens with zero attached hydrogens (tertiary/aromatic N) is 4. The minimum Gasteiger partial charge on any atom is -0.756 e. The predicted molar refractivity (Wildman–Crippen MR) is 470 cm³/mol. The molecule has 2 N–H and O–H groups in total. The summed E-state index contributed by atoms with van der Waals surface area (Å²) in [5, 5.41) is 16.6. The Bertz CT molecular complexity index is 4240. The summed E-state index contributed by atoms with van der Waals surface area (Å²) in [5.74, 6) is -1.56. The Labute approximate surface area is 714 Å². The summed E-state index contributed by atoms with van der Waals surface area (Å²) in [4.78, 5) is 81.9. The Morgan fingerprint density at radius 3 is 1.39 bits per heavy atom. The van der Waals surface area contributed by atoms with Gasteiger partial charge < -0.3 is 60.7 Å². The van der Waals surface area contributed by atoms with Crippen LogP contribution < -0.4 is 36.8 Å². The zero-order chi connectivity index (χ0) is 86.4. The molecule has 10 rings (SSSR count). The number of amides is 2. The molecular formula is C92H133B2N6O18PSi. The first-order valence-corrected chi connectivity index (χ1v) is 48.7. The minimum absolute atomic E-state index is 0.0139. The smallest absolute Gasteiger partial charge is 0.494 e. The van der Waals surface area contributed by atoms with Crippen molar-refractivity contribution in [2.75, 3.05) is 51.1 Å². The number of likely N-dealkylation sites (N-methyl/N-ethyl adjacent to an activating group) is 1. The van der Waals surface area contributed by atoms with Crippen LogP contribution in [0.25, 0.3) is 5.69 Å². The van der Waals surface area contributed by atoms with Crippen molar-refractivity contribution in [1.82, 2.24) is 15.0 Å². The second kappa shape index (κ2) is 43.2. The van der Waals surface area contributed by atoms with E-state index < -0.39 is 101 Å². The SMILES string of the molecule is CCCCCCCCCCCCCCCC(=O)OCC(COP(=O)([O-])OCC[N+](C)(C)Cc1cn(-c2ccc3c(c2)C(=O)OC32c3ccc(NC(=O)OCc4ccc(B5OC(C)(C)C(C)(C)O5)cc4)cc3[Si](C)(C)c3cc(NC(=O)OCc4ccc(B5OC(C)(C)C(C)(C)O5)cc4)ccc32)nn1)OC(=O)CCCCCCCCCCCCCCC. The second-order valence-electron chi connectivity index (χ2n) is 36.3. The number of hydrogen-bond acceptors (Lipinski definition) is 20. The molecule has 4 aliphatic heterocycles. The minimum atomic E-state index is -4.97. The molecule has 2 atom stereocenters. The number of esters is 3. The molecule has 0 aliphatic carbocycles. The number of rotatable bonds is 49. The summed E-state index contributed by atoms with van der Waals surface area (Å²) in [7, 11) is -5.18. The van der Waals surface area contributed by atoms with Crippen molar-refractivity contribution in [1.29, 1.82) is 0 Å². The van der Waals surface area contributed by atoms with Crippen LogP contribution in [-0.2, 0) is 90.9 Å². The van der Waals surface area contributed by atoms with Crippen LogP contribution in [0.2, 0.25) is 13.1 Å². The van der Waals surface area contributed by atoms with Gasteiger partial charge in [0, 0.05) is 40.9 Å². The van der Waals surface area contributed by atoms with Crippen LogP contribution >= 0.6 is 7.82 Å². The van der Waals surface area contributed by atoms with Crippen molar-refractivity contribution in [3.8, 4) is 5.69 Å². The molecule has 120 heavy (non-hydrogen) atoms. The zero-order valence-corrected chi connectivity index (χ0v) is 75.9. The molecule has 2 amide bonds. The van der Waals surface area contributed by atoms with Crippen molar-refractivity contribution >= 4 is 92.9 Å². The van der Waals surface area contributed by atoms with Gasteiger partial charge >= 0.3 is 44.3 Å². The molecule has 654 valence electrons. The molecule has 24 nitrogen and oxygen atoms in total. The van der Waals surface area contributed by atoms with Gasteiger partial charge in [0.25, 0.3) is 7.82 Å². The van der Waals surface area contributed by atoms with Crippen LogP contribution in [0.4, 0.5) is 21.0 Å².